The molecule has 0 bridgehead atoms. The summed E-state index contributed by atoms with van der Waals surface area (Å²) in [6.45, 7) is 7.28. The van der Waals surface area contributed by atoms with Crippen molar-refractivity contribution in [2.45, 2.75) is 75.4 Å². The summed E-state index contributed by atoms with van der Waals surface area (Å²) >= 11 is 18.2. The van der Waals surface area contributed by atoms with Crippen molar-refractivity contribution in [1.82, 2.24) is 0 Å². The van der Waals surface area contributed by atoms with E-state index in [9.17, 15) is 0 Å². The maximum Gasteiger partial charge on any atom is 0.190 e. The van der Waals surface area contributed by atoms with E-state index < -0.39 is 3.79 Å². The minimum Gasteiger partial charge on any atom is -0.381 e. The van der Waals surface area contributed by atoms with Crippen LogP contribution >= 0.6 is 34.8 Å². The van der Waals surface area contributed by atoms with Crippen LogP contribution in [0.15, 0.2) is 0 Å². The Morgan fingerprint density at radius 2 is 1.35 bits per heavy atom. The van der Waals surface area contributed by atoms with Crippen LogP contribution in [-0.4, -0.2) is 30.2 Å². The number of ether oxygens (including phenoxy) is 2. The van der Waals surface area contributed by atoms with Crippen LogP contribution in [0.1, 0.15) is 71.6 Å². The summed E-state index contributed by atoms with van der Waals surface area (Å²) in [6, 6.07) is 0. The smallest absolute Gasteiger partial charge is 0.190 e. The lowest BCUT2D eigenvalue weighted by Gasteiger charge is -2.43. The van der Waals surface area contributed by atoms with E-state index in [4.69, 9.17) is 44.3 Å². The first-order valence-electron chi connectivity index (χ1n) is 9.16. The topological polar surface area (TPSA) is 18.5 Å². The maximum absolute atomic E-state index is 6.05. The monoisotopic (exact) mass is 386 g/mol. The highest BCUT2D eigenvalue weighted by molar-refractivity contribution is 6.67. The van der Waals surface area contributed by atoms with Crippen molar-refractivity contribution < 1.29 is 9.47 Å². The number of rotatable bonds is 11. The SMILES string of the molecule is CCCOCC(CCC(Cl)(Cl)Cl)(COCCC)C1CCCCC1. The molecule has 0 heterocycles. The summed E-state index contributed by atoms with van der Waals surface area (Å²) < 4.78 is 10.8. The van der Waals surface area contributed by atoms with Gasteiger partial charge in [0.1, 0.15) is 0 Å². The Balaban J connectivity index is 2.83. The first-order valence-corrected chi connectivity index (χ1v) is 10.3. The van der Waals surface area contributed by atoms with Crippen LogP contribution in [0.2, 0.25) is 0 Å². The molecule has 0 aromatic heterocycles. The van der Waals surface area contributed by atoms with Crippen LogP contribution in [0.5, 0.6) is 0 Å². The zero-order valence-corrected chi connectivity index (χ0v) is 17.0. The van der Waals surface area contributed by atoms with Gasteiger partial charge < -0.3 is 9.47 Å². The molecule has 5 heteroatoms. The van der Waals surface area contributed by atoms with Crippen molar-refractivity contribution in [3.63, 3.8) is 0 Å². The van der Waals surface area contributed by atoms with Crippen molar-refractivity contribution in [2.24, 2.45) is 11.3 Å². The summed E-state index contributed by atoms with van der Waals surface area (Å²) in [7, 11) is 0. The Bertz CT molecular complexity index is 289. The molecule has 0 radical (unpaired) electrons. The molecule has 0 N–H and O–H groups in total. The largest absolute Gasteiger partial charge is 0.381 e. The summed E-state index contributed by atoms with van der Waals surface area (Å²) in [5.41, 5.74) is -0.0192. The van der Waals surface area contributed by atoms with Gasteiger partial charge >= 0.3 is 0 Å². The number of alkyl halides is 3. The van der Waals surface area contributed by atoms with Crippen molar-refractivity contribution in [1.29, 1.82) is 0 Å². The number of hydrogen-bond acceptors (Lipinski definition) is 2. The second-order valence-corrected chi connectivity index (χ2v) is 9.43. The molecule has 0 aromatic carbocycles. The van der Waals surface area contributed by atoms with Crippen LogP contribution in [0.3, 0.4) is 0 Å². The lowest BCUT2D eigenvalue weighted by Crippen LogP contribution is -2.42. The molecule has 0 unspecified atom stereocenters. The first kappa shape index (κ1) is 21.8. The molecule has 1 aliphatic carbocycles. The van der Waals surface area contributed by atoms with Crippen LogP contribution in [0.25, 0.3) is 0 Å². The van der Waals surface area contributed by atoms with Gasteiger partial charge in [0, 0.05) is 18.6 Å². The third kappa shape index (κ3) is 8.63. The zero-order valence-electron chi connectivity index (χ0n) is 14.7. The predicted molar refractivity (Wildman–Crippen MR) is 101 cm³/mol. The van der Waals surface area contributed by atoms with E-state index in [1.807, 2.05) is 0 Å². The average Bonchev–Trinajstić information content (AvgIpc) is 2.52. The normalized spacial score (nSPS) is 17.6. The highest BCUT2D eigenvalue weighted by atomic mass is 35.6. The van der Waals surface area contributed by atoms with Gasteiger partial charge in [0.05, 0.1) is 13.2 Å². The second-order valence-electron chi connectivity index (χ2n) is 6.92. The van der Waals surface area contributed by atoms with Gasteiger partial charge in [-0.15, -0.1) is 0 Å². The number of hydrogen-bond donors (Lipinski definition) is 0. The molecular formula is C18H33Cl3O2. The van der Waals surface area contributed by atoms with Crippen LogP contribution in [0.4, 0.5) is 0 Å². The van der Waals surface area contributed by atoms with Crippen LogP contribution < -0.4 is 0 Å². The van der Waals surface area contributed by atoms with Crippen molar-refractivity contribution in [3.05, 3.63) is 0 Å². The standard InChI is InChI=1S/C18H33Cl3O2/c1-3-12-22-14-17(15-23-13-4-2,10-11-18(19,20)21)16-8-6-5-7-9-16/h16H,3-15H2,1-2H3. The van der Waals surface area contributed by atoms with Crippen molar-refractivity contribution >= 4 is 34.8 Å². The van der Waals surface area contributed by atoms with Gasteiger partial charge in [-0.2, -0.15) is 0 Å². The van der Waals surface area contributed by atoms with Gasteiger partial charge in [-0.1, -0.05) is 67.9 Å². The highest BCUT2D eigenvalue weighted by Crippen LogP contribution is 2.45. The van der Waals surface area contributed by atoms with E-state index in [1.165, 1.54) is 32.1 Å². The van der Waals surface area contributed by atoms with Crippen LogP contribution in [-0.2, 0) is 9.47 Å². The molecule has 0 aromatic rings. The minimum absolute atomic E-state index is 0.0192. The molecule has 0 amide bonds. The number of halogens is 3. The molecule has 23 heavy (non-hydrogen) atoms. The van der Waals surface area contributed by atoms with Gasteiger partial charge in [0.2, 0.25) is 0 Å². The van der Waals surface area contributed by atoms with Gasteiger partial charge in [-0.25, -0.2) is 0 Å². The lowest BCUT2D eigenvalue weighted by molar-refractivity contribution is -0.0701. The molecule has 0 spiro atoms. The molecule has 0 aliphatic heterocycles. The fourth-order valence-electron chi connectivity index (χ4n) is 3.57. The van der Waals surface area contributed by atoms with E-state index >= 15 is 0 Å². The molecular weight excluding hydrogens is 355 g/mol. The Morgan fingerprint density at radius 3 is 1.78 bits per heavy atom. The maximum atomic E-state index is 6.05. The quantitative estimate of drug-likeness (QED) is 0.295. The summed E-state index contributed by atoms with van der Waals surface area (Å²) in [5, 5.41) is 0. The van der Waals surface area contributed by atoms with E-state index in [0.29, 0.717) is 12.3 Å². The Morgan fingerprint density at radius 1 is 0.826 bits per heavy atom. The Hall–Kier alpha value is 0.790. The molecule has 1 saturated carbocycles. The molecule has 1 fully saturated rings. The third-order valence-corrected chi connectivity index (χ3v) is 5.42. The fourth-order valence-corrected chi connectivity index (χ4v) is 3.85. The molecule has 1 rings (SSSR count). The van der Waals surface area contributed by atoms with Gasteiger partial charge in [0.25, 0.3) is 0 Å². The van der Waals surface area contributed by atoms with Gasteiger partial charge in [-0.3, -0.25) is 0 Å². The van der Waals surface area contributed by atoms with E-state index in [-0.39, 0.29) is 5.41 Å². The predicted octanol–water partition coefficient (Wildman–Crippen LogP) is 6.56. The van der Waals surface area contributed by atoms with E-state index in [1.54, 1.807) is 0 Å². The van der Waals surface area contributed by atoms with Gasteiger partial charge in [-0.05, 0) is 44.4 Å². The van der Waals surface area contributed by atoms with E-state index in [0.717, 1.165) is 45.7 Å². The highest BCUT2D eigenvalue weighted by Gasteiger charge is 2.41. The lowest BCUT2D eigenvalue weighted by atomic mass is 9.67. The average molecular weight is 388 g/mol. The molecule has 0 saturated heterocycles. The minimum atomic E-state index is -1.20. The second kappa shape index (κ2) is 11.4. The molecule has 138 valence electrons. The third-order valence-electron chi connectivity index (χ3n) is 4.85. The van der Waals surface area contributed by atoms with Crippen molar-refractivity contribution in [3.8, 4) is 0 Å². The summed E-state index contributed by atoms with van der Waals surface area (Å²) in [4.78, 5) is 0. The van der Waals surface area contributed by atoms with Crippen LogP contribution in [0, 0.1) is 11.3 Å². The van der Waals surface area contributed by atoms with E-state index in [2.05, 4.69) is 13.8 Å². The van der Waals surface area contributed by atoms with Gasteiger partial charge in [0.15, 0.2) is 3.79 Å². The fraction of sp³-hybridized carbons (Fsp3) is 1.00. The summed E-state index contributed by atoms with van der Waals surface area (Å²) in [5.74, 6) is 0.609. The molecule has 0 atom stereocenters. The molecule has 1 aliphatic rings. The summed E-state index contributed by atoms with van der Waals surface area (Å²) in [6.07, 6.45) is 9.87. The molecule has 2 nitrogen and oxygen atoms in total. The Labute approximate surface area is 157 Å². The zero-order chi connectivity index (χ0) is 17.2. The Kier molecular flexibility index (Phi) is 10.8. The van der Waals surface area contributed by atoms with Crippen molar-refractivity contribution in [2.75, 3.05) is 26.4 Å². The first-order chi connectivity index (χ1) is 10.9.